The molecule has 1 saturated carbocycles. The second-order valence-electron chi connectivity index (χ2n) is 9.80. The topological polar surface area (TPSA) is 65.7 Å². The molecule has 2 aliphatic heterocycles. The van der Waals surface area contributed by atoms with Crippen LogP contribution < -0.4 is 10.6 Å². The van der Waals surface area contributed by atoms with Gasteiger partial charge >= 0.3 is 6.18 Å². The van der Waals surface area contributed by atoms with E-state index < -0.39 is 17.9 Å². The summed E-state index contributed by atoms with van der Waals surface area (Å²) in [6.07, 6.45) is -0.561. The van der Waals surface area contributed by atoms with Gasteiger partial charge in [-0.15, -0.1) is 11.8 Å². The highest BCUT2D eigenvalue weighted by Crippen LogP contribution is 2.36. The number of piperazine rings is 1. The molecule has 1 unspecified atom stereocenters. The van der Waals surface area contributed by atoms with Crippen LogP contribution in [0.5, 0.6) is 0 Å². The second kappa shape index (κ2) is 10.1. The lowest BCUT2D eigenvalue weighted by Crippen LogP contribution is -2.53. The minimum absolute atomic E-state index is 0.0925. The van der Waals surface area contributed by atoms with Crippen LogP contribution in [-0.2, 0) is 11.0 Å². The number of aromatic nitrogens is 1. The Hall–Kier alpha value is -2.04. The SMILES string of the molecule is NC(C(=O)N1CCSC1)C1CCC(N2CCN(c3cc(C(F)(F)F)nc4ccccc34)CC2)CC1. The Bertz CT molecular complexity index is 1050. The lowest BCUT2D eigenvalue weighted by molar-refractivity contribution is -0.141. The van der Waals surface area contributed by atoms with Gasteiger partial charge in [-0.2, -0.15) is 13.2 Å². The Balaban J connectivity index is 1.19. The fourth-order valence-corrected chi connectivity index (χ4v) is 6.67. The summed E-state index contributed by atoms with van der Waals surface area (Å²) in [5, 5.41) is 0.754. The number of hydrogen-bond acceptors (Lipinski definition) is 6. The summed E-state index contributed by atoms with van der Waals surface area (Å²) < 4.78 is 40.4. The van der Waals surface area contributed by atoms with E-state index in [-0.39, 0.29) is 11.8 Å². The number of thioether (sulfide) groups is 1. The predicted molar refractivity (Wildman–Crippen MR) is 133 cm³/mol. The highest BCUT2D eigenvalue weighted by molar-refractivity contribution is 7.99. The first-order chi connectivity index (χ1) is 16.8. The van der Waals surface area contributed by atoms with Gasteiger partial charge in [-0.3, -0.25) is 9.69 Å². The zero-order valence-corrected chi connectivity index (χ0v) is 20.5. The molecule has 1 aromatic carbocycles. The van der Waals surface area contributed by atoms with E-state index in [0.29, 0.717) is 30.3 Å². The number of nitrogens with zero attached hydrogens (tertiary/aromatic N) is 4. The summed E-state index contributed by atoms with van der Waals surface area (Å²) in [6.45, 7) is 3.77. The third-order valence-corrected chi connectivity index (χ3v) is 8.72. The molecule has 0 radical (unpaired) electrons. The van der Waals surface area contributed by atoms with Crippen molar-refractivity contribution < 1.29 is 18.0 Å². The predicted octanol–water partition coefficient (Wildman–Crippen LogP) is 3.79. The molecule has 2 N–H and O–H groups in total. The van der Waals surface area contributed by atoms with Crippen LogP contribution in [-0.4, -0.2) is 77.1 Å². The molecule has 35 heavy (non-hydrogen) atoms. The number of amides is 1. The minimum atomic E-state index is -4.48. The second-order valence-corrected chi connectivity index (χ2v) is 10.9. The Morgan fingerprint density at radius 2 is 1.77 bits per heavy atom. The third-order valence-electron chi connectivity index (χ3n) is 7.75. The Morgan fingerprint density at radius 1 is 1.06 bits per heavy atom. The van der Waals surface area contributed by atoms with E-state index in [1.807, 2.05) is 17.0 Å². The largest absolute Gasteiger partial charge is 0.433 e. The van der Waals surface area contributed by atoms with Crippen molar-refractivity contribution in [3.8, 4) is 0 Å². The molecule has 1 aromatic heterocycles. The van der Waals surface area contributed by atoms with E-state index in [1.54, 1.807) is 23.9 Å². The smallest absolute Gasteiger partial charge is 0.368 e. The summed E-state index contributed by atoms with van der Waals surface area (Å²) in [4.78, 5) is 22.9. The number of anilines is 1. The first kappa shape index (κ1) is 24.6. The van der Waals surface area contributed by atoms with E-state index in [0.717, 1.165) is 62.3 Å². The van der Waals surface area contributed by atoms with Gasteiger partial charge in [-0.05, 0) is 43.7 Å². The molecule has 5 rings (SSSR count). The van der Waals surface area contributed by atoms with Crippen molar-refractivity contribution in [1.82, 2.24) is 14.8 Å². The standard InChI is InChI=1S/C25H32F3N5OS/c26-25(27,28)22-15-21(19-3-1-2-4-20(19)30-22)32-11-9-31(10-12-32)18-7-5-17(6-8-18)23(29)24(34)33-13-14-35-16-33/h1-4,15,17-18,23H,5-14,16,29H2. The van der Waals surface area contributed by atoms with Gasteiger partial charge in [0.1, 0.15) is 5.69 Å². The molecule has 1 atom stereocenters. The van der Waals surface area contributed by atoms with Crippen molar-refractivity contribution in [2.45, 2.75) is 43.9 Å². The van der Waals surface area contributed by atoms with E-state index in [1.165, 1.54) is 6.07 Å². The van der Waals surface area contributed by atoms with Gasteiger partial charge in [0, 0.05) is 55.6 Å². The molecule has 0 spiro atoms. The van der Waals surface area contributed by atoms with Crippen molar-refractivity contribution in [1.29, 1.82) is 0 Å². The number of halogens is 3. The van der Waals surface area contributed by atoms with Gasteiger partial charge in [0.15, 0.2) is 0 Å². The molecule has 2 saturated heterocycles. The lowest BCUT2D eigenvalue weighted by Gasteiger charge is -2.43. The van der Waals surface area contributed by atoms with E-state index in [2.05, 4.69) is 14.8 Å². The monoisotopic (exact) mass is 507 g/mol. The van der Waals surface area contributed by atoms with Crippen molar-refractivity contribution >= 4 is 34.3 Å². The van der Waals surface area contributed by atoms with E-state index in [9.17, 15) is 18.0 Å². The van der Waals surface area contributed by atoms with Gasteiger partial charge in [-0.25, -0.2) is 4.98 Å². The van der Waals surface area contributed by atoms with Gasteiger partial charge < -0.3 is 15.5 Å². The average molecular weight is 508 g/mol. The van der Waals surface area contributed by atoms with Crippen molar-refractivity contribution in [2.75, 3.05) is 49.3 Å². The van der Waals surface area contributed by atoms with Crippen LogP contribution >= 0.6 is 11.8 Å². The highest BCUT2D eigenvalue weighted by Gasteiger charge is 2.36. The number of rotatable bonds is 4. The maximum atomic E-state index is 13.5. The van der Waals surface area contributed by atoms with Crippen LogP contribution in [0.25, 0.3) is 10.9 Å². The number of carbonyl (C=O) groups is 1. The number of alkyl halides is 3. The normalized spacial score (nSPS) is 25.3. The summed E-state index contributed by atoms with van der Waals surface area (Å²) in [5.74, 6) is 2.07. The van der Waals surface area contributed by atoms with Crippen LogP contribution in [0, 0.1) is 5.92 Å². The molecular weight excluding hydrogens is 475 g/mol. The fourth-order valence-electron chi connectivity index (χ4n) is 5.72. The maximum Gasteiger partial charge on any atom is 0.433 e. The first-order valence-corrected chi connectivity index (χ1v) is 13.5. The molecule has 3 heterocycles. The molecule has 0 bridgehead atoms. The number of carbonyl (C=O) groups excluding carboxylic acids is 1. The fraction of sp³-hybridized carbons (Fsp3) is 0.600. The Kier molecular flexibility index (Phi) is 7.14. The molecule has 3 aliphatic rings. The average Bonchev–Trinajstić information content (AvgIpc) is 3.42. The summed E-state index contributed by atoms with van der Waals surface area (Å²) >= 11 is 1.77. The number of para-hydroxylation sites is 1. The maximum absolute atomic E-state index is 13.5. The summed E-state index contributed by atoms with van der Waals surface area (Å²) in [6, 6.07) is 8.27. The van der Waals surface area contributed by atoms with Crippen LogP contribution in [0.3, 0.4) is 0 Å². The quantitative estimate of drug-likeness (QED) is 0.679. The number of nitrogens with two attached hydrogens (primary N) is 1. The molecule has 190 valence electrons. The van der Waals surface area contributed by atoms with Crippen LogP contribution in [0.15, 0.2) is 30.3 Å². The Labute approximate surface area is 208 Å². The van der Waals surface area contributed by atoms with Gasteiger partial charge in [0.2, 0.25) is 5.91 Å². The highest BCUT2D eigenvalue weighted by atomic mass is 32.2. The van der Waals surface area contributed by atoms with Crippen molar-refractivity contribution in [3.05, 3.63) is 36.0 Å². The number of pyridine rings is 1. The molecule has 1 aliphatic carbocycles. The number of fused-ring (bicyclic) bond motifs is 1. The van der Waals surface area contributed by atoms with Crippen molar-refractivity contribution in [2.24, 2.45) is 11.7 Å². The van der Waals surface area contributed by atoms with Crippen LogP contribution in [0.4, 0.5) is 18.9 Å². The third kappa shape index (κ3) is 5.24. The molecule has 1 amide bonds. The van der Waals surface area contributed by atoms with Gasteiger partial charge in [0.05, 0.1) is 17.4 Å². The number of benzene rings is 1. The molecule has 2 aromatic rings. The molecule has 3 fully saturated rings. The van der Waals surface area contributed by atoms with Gasteiger partial charge in [0.25, 0.3) is 0 Å². The zero-order chi connectivity index (χ0) is 24.6. The summed E-state index contributed by atoms with van der Waals surface area (Å²) in [7, 11) is 0. The zero-order valence-electron chi connectivity index (χ0n) is 19.7. The molecule has 6 nitrogen and oxygen atoms in total. The molecule has 10 heteroatoms. The molecular formula is C25H32F3N5OS. The minimum Gasteiger partial charge on any atom is -0.368 e. The number of hydrogen-bond donors (Lipinski definition) is 1. The van der Waals surface area contributed by atoms with Gasteiger partial charge in [-0.1, -0.05) is 18.2 Å². The first-order valence-electron chi connectivity index (χ1n) is 12.4. The van der Waals surface area contributed by atoms with Crippen LogP contribution in [0.2, 0.25) is 0 Å². The summed E-state index contributed by atoms with van der Waals surface area (Å²) in [5.41, 5.74) is 6.50. The van der Waals surface area contributed by atoms with Crippen LogP contribution in [0.1, 0.15) is 31.4 Å². The Morgan fingerprint density at radius 3 is 2.43 bits per heavy atom. The van der Waals surface area contributed by atoms with E-state index >= 15 is 0 Å². The van der Waals surface area contributed by atoms with Crippen molar-refractivity contribution in [3.63, 3.8) is 0 Å². The van der Waals surface area contributed by atoms with E-state index in [4.69, 9.17) is 5.73 Å². The lowest BCUT2D eigenvalue weighted by atomic mass is 9.80.